The summed E-state index contributed by atoms with van der Waals surface area (Å²) in [6.07, 6.45) is 2.22. The molecule has 0 bridgehead atoms. The molecule has 0 unspecified atom stereocenters. The van der Waals surface area contributed by atoms with Crippen LogP contribution in [0.4, 0.5) is 4.39 Å². The van der Waals surface area contributed by atoms with Crippen molar-refractivity contribution in [1.82, 2.24) is 4.90 Å². The molecule has 0 heterocycles. The van der Waals surface area contributed by atoms with Crippen LogP contribution >= 0.6 is 0 Å². The van der Waals surface area contributed by atoms with Crippen molar-refractivity contribution in [2.45, 2.75) is 52.5 Å². The van der Waals surface area contributed by atoms with Gasteiger partial charge in [0.25, 0.3) is 0 Å². The van der Waals surface area contributed by atoms with Crippen LogP contribution in [-0.2, 0) is 25.7 Å². The average molecular weight is 363 g/mol. The van der Waals surface area contributed by atoms with Crippen LogP contribution in [0.1, 0.15) is 51.5 Å². The van der Waals surface area contributed by atoms with E-state index in [-0.39, 0.29) is 43.0 Å². The zero-order valence-corrected chi connectivity index (χ0v) is 15.4. The lowest BCUT2D eigenvalue weighted by Gasteiger charge is -2.27. The third-order valence-electron chi connectivity index (χ3n) is 4.57. The minimum Gasteiger partial charge on any atom is -0.466 e. The Morgan fingerprint density at radius 1 is 1.15 bits per heavy atom. The summed E-state index contributed by atoms with van der Waals surface area (Å²) in [6.45, 7) is 4.39. The van der Waals surface area contributed by atoms with Gasteiger partial charge in [-0.15, -0.1) is 0 Å². The largest absolute Gasteiger partial charge is 0.466 e. The lowest BCUT2D eigenvalue weighted by Crippen LogP contribution is -2.40. The number of halogens is 1. The van der Waals surface area contributed by atoms with Gasteiger partial charge in [-0.2, -0.15) is 0 Å². The molecule has 1 aliphatic rings. The molecule has 6 heteroatoms. The fraction of sp³-hybridized carbons (Fsp3) is 0.550. The summed E-state index contributed by atoms with van der Waals surface area (Å²) in [4.78, 5) is 38.3. The molecule has 26 heavy (non-hydrogen) atoms. The first-order chi connectivity index (χ1) is 12.4. The molecule has 0 radical (unpaired) electrons. The van der Waals surface area contributed by atoms with Crippen molar-refractivity contribution in [2.24, 2.45) is 5.41 Å². The van der Waals surface area contributed by atoms with Crippen LogP contribution in [0.5, 0.6) is 0 Å². The highest BCUT2D eigenvalue weighted by atomic mass is 19.1. The molecular formula is C20H26FNO4. The minimum absolute atomic E-state index is 0.109. The van der Waals surface area contributed by atoms with Crippen molar-refractivity contribution in [2.75, 3.05) is 13.2 Å². The predicted molar refractivity (Wildman–Crippen MR) is 94.6 cm³/mol. The van der Waals surface area contributed by atoms with E-state index in [4.69, 9.17) is 4.74 Å². The van der Waals surface area contributed by atoms with E-state index in [9.17, 15) is 18.8 Å². The second-order valence-corrected chi connectivity index (χ2v) is 6.84. The highest BCUT2D eigenvalue weighted by molar-refractivity contribution is 5.98. The molecule has 1 aromatic rings. The van der Waals surface area contributed by atoms with Gasteiger partial charge in [-0.25, -0.2) is 4.39 Å². The molecule has 5 nitrogen and oxygen atoms in total. The quantitative estimate of drug-likeness (QED) is 0.473. The monoisotopic (exact) mass is 363 g/mol. The molecule has 1 aromatic carbocycles. The number of amides is 1. The average Bonchev–Trinajstić information content (AvgIpc) is 3.37. The zero-order chi connectivity index (χ0) is 19.2. The van der Waals surface area contributed by atoms with Crippen LogP contribution in [0.25, 0.3) is 0 Å². The van der Waals surface area contributed by atoms with E-state index in [1.165, 1.54) is 17.0 Å². The van der Waals surface area contributed by atoms with Gasteiger partial charge in [-0.3, -0.25) is 14.4 Å². The third kappa shape index (κ3) is 5.38. The number of ether oxygens (including phenoxy) is 1. The van der Waals surface area contributed by atoms with Gasteiger partial charge in [0, 0.05) is 19.5 Å². The van der Waals surface area contributed by atoms with Crippen LogP contribution in [-0.4, -0.2) is 35.7 Å². The number of Topliss-reactive ketones (excluding diaryl/α,β-unsaturated/α-hetero) is 1. The first-order valence-corrected chi connectivity index (χ1v) is 9.11. The van der Waals surface area contributed by atoms with Crippen LogP contribution in [0.3, 0.4) is 0 Å². The highest BCUT2D eigenvalue weighted by Gasteiger charge is 2.52. The molecule has 1 aliphatic carbocycles. The number of hydrogen-bond acceptors (Lipinski definition) is 4. The molecule has 142 valence electrons. The van der Waals surface area contributed by atoms with E-state index in [0.29, 0.717) is 32.3 Å². The van der Waals surface area contributed by atoms with Crippen LogP contribution in [0.15, 0.2) is 24.3 Å². The molecule has 0 aromatic heterocycles. The van der Waals surface area contributed by atoms with Gasteiger partial charge in [0.1, 0.15) is 11.6 Å². The number of nitrogens with zero attached hydrogens (tertiary/aromatic N) is 1. The van der Waals surface area contributed by atoms with Crippen LogP contribution < -0.4 is 0 Å². The normalized spacial score (nSPS) is 14.6. The number of hydrogen-bond donors (Lipinski definition) is 0. The van der Waals surface area contributed by atoms with Gasteiger partial charge in [0.15, 0.2) is 0 Å². The van der Waals surface area contributed by atoms with E-state index in [1.807, 2.05) is 6.92 Å². The summed E-state index contributed by atoms with van der Waals surface area (Å²) in [5, 5.41) is 0. The lowest BCUT2D eigenvalue weighted by molar-refractivity contribution is -0.151. The fourth-order valence-electron chi connectivity index (χ4n) is 2.92. The third-order valence-corrected chi connectivity index (χ3v) is 4.57. The Labute approximate surface area is 153 Å². The Kier molecular flexibility index (Phi) is 6.89. The van der Waals surface area contributed by atoms with E-state index in [0.717, 1.165) is 5.56 Å². The number of carbonyl (C=O) groups is 3. The summed E-state index contributed by atoms with van der Waals surface area (Å²) in [7, 11) is 0. The van der Waals surface area contributed by atoms with Gasteiger partial charge in [0.2, 0.25) is 5.91 Å². The maximum absolute atomic E-state index is 13.1. The first kappa shape index (κ1) is 20.1. The van der Waals surface area contributed by atoms with Gasteiger partial charge < -0.3 is 9.64 Å². The first-order valence-electron chi connectivity index (χ1n) is 9.11. The SMILES string of the molecule is CCCC(=O)CC(=O)N(Cc1ccc(F)cc1)CC1(C(=O)OCC)CC1. The molecule has 1 fully saturated rings. The number of carbonyl (C=O) groups excluding carboxylic acids is 3. The van der Waals surface area contributed by atoms with Gasteiger partial charge in [-0.1, -0.05) is 19.1 Å². The number of ketones is 1. The second-order valence-electron chi connectivity index (χ2n) is 6.84. The molecular weight excluding hydrogens is 337 g/mol. The highest BCUT2D eigenvalue weighted by Crippen LogP contribution is 2.47. The minimum atomic E-state index is -0.667. The number of benzene rings is 1. The molecule has 2 rings (SSSR count). The zero-order valence-electron chi connectivity index (χ0n) is 15.4. The number of esters is 1. The van der Waals surface area contributed by atoms with Gasteiger partial charge in [-0.05, 0) is 43.9 Å². The molecule has 0 saturated heterocycles. The standard InChI is InChI=1S/C20H26FNO4/c1-3-5-17(23)12-18(24)22(13-15-6-8-16(21)9-7-15)14-20(10-11-20)19(25)26-4-2/h6-9H,3-5,10-14H2,1-2H3. The Bertz CT molecular complexity index is 652. The van der Waals surface area contributed by atoms with Crippen LogP contribution in [0, 0.1) is 11.2 Å². The Hall–Kier alpha value is -2.24. The summed E-state index contributed by atoms with van der Waals surface area (Å²) in [5.41, 5.74) is 0.0850. The fourth-order valence-corrected chi connectivity index (χ4v) is 2.92. The smallest absolute Gasteiger partial charge is 0.313 e. The van der Waals surface area contributed by atoms with E-state index in [1.54, 1.807) is 19.1 Å². The van der Waals surface area contributed by atoms with Crippen LogP contribution in [0.2, 0.25) is 0 Å². The maximum Gasteiger partial charge on any atom is 0.313 e. The summed E-state index contributed by atoms with van der Waals surface area (Å²) >= 11 is 0. The summed E-state index contributed by atoms with van der Waals surface area (Å²) in [6, 6.07) is 5.87. The van der Waals surface area contributed by atoms with Gasteiger partial charge in [0.05, 0.1) is 18.4 Å². The van der Waals surface area contributed by atoms with Crippen molar-refractivity contribution < 1.29 is 23.5 Å². The summed E-state index contributed by atoms with van der Waals surface area (Å²) in [5.74, 6) is -1.06. The lowest BCUT2D eigenvalue weighted by atomic mass is 10.0. The molecule has 0 atom stereocenters. The Morgan fingerprint density at radius 3 is 2.35 bits per heavy atom. The molecule has 0 N–H and O–H groups in total. The van der Waals surface area contributed by atoms with E-state index >= 15 is 0 Å². The predicted octanol–water partition coefficient (Wildman–Crippen LogP) is 3.26. The van der Waals surface area contributed by atoms with E-state index in [2.05, 4.69) is 0 Å². The summed E-state index contributed by atoms with van der Waals surface area (Å²) < 4.78 is 18.3. The van der Waals surface area contributed by atoms with Crippen molar-refractivity contribution in [3.63, 3.8) is 0 Å². The van der Waals surface area contributed by atoms with Crippen molar-refractivity contribution >= 4 is 17.7 Å². The topological polar surface area (TPSA) is 63.7 Å². The Morgan fingerprint density at radius 2 is 1.81 bits per heavy atom. The van der Waals surface area contributed by atoms with Crippen molar-refractivity contribution in [3.05, 3.63) is 35.6 Å². The molecule has 0 spiro atoms. The van der Waals surface area contributed by atoms with E-state index < -0.39 is 5.41 Å². The molecule has 0 aliphatic heterocycles. The molecule has 1 saturated carbocycles. The van der Waals surface area contributed by atoms with Gasteiger partial charge >= 0.3 is 5.97 Å². The Balaban J connectivity index is 2.12. The van der Waals surface area contributed by atoms with Crippen molar-refractivity contribution in [1.29, 1.82) is 0 Å². The second kappa shape index (κ2) is 8.92. The maximum atomic E-state index is 13.1. The molecule has 1 amide bonds. The number of rotatable bonds is 10. The van der Waals surface area contributed by atoms with Crippen molar-refractivity contribution in [3.8, 4) is 0 Å².